The second-order valence-electron chi connectivity index (χ2n) is 6.69. The van der Waals surface area contributed by atoms with E-state index in [2.05, 4.69) is 10.4 Å². The van der Waals surface area contributed by atoms with Crippen LogP contribution in [0.4, 0.5) is 5.82 Å². The molecule has 4 rings (SSSR count). The van der Waals surface area contributed by atoms with Crippen molar-refractivity contribution < 1.29 is 14.3 Å². The zero-order valence-corrected chi connectivity index (χ0v) is 14.0. The summed E-state index contributed by atoms with van der Waals surface area (Å²) in [5.41, 5.74) is 1.33. The van der Waals surface area contributed by atoms with Crippen LogP contribution < -0.4 is 5.32 Å². The summed E-state index contributed by atoms with van der Waals surface area (Å²) < 4.78 is 7.27. The van der Waals surface area contributed by atoms with Gasteiger partial charge in [0.25, 0.3) is 0 Å². The highest BCUT2D eigenvalue weighted by Crippen LogP contribution is 2.33. The molecule has 1 aliphatic heterocycles. The molecule has 1 amide bonds. The molecule has 1 fully saturated rings. The summed E-state index contributed by atoms with van der Waals surface area (Å²) in [6.07, 6.45) is 7.17. The first-order valence-corrected chi connectivity index (χ1v) is 8.85. The number of ether oxygens (including phenoxy) is 1. The second-order valence-corrected chi connectivity index (χ2v) is 6.69. The van der Waals surface area contributed by atoms with Crippen molar-refractivity contribution in [2.24, 2.45) is 0 Å². The van der Waals surface area contributed by atoms with Crippen molar-refractivity contribution in [3.05, 3.63) is 47.7 Å². The zero-order valence-electron chi connectivity index (χ0n) is 14.0. The molecule has 1 N–H and O–H groups in total. The summed E-state index contributed by atoms with van der Waals surface area (Å²) >= 11 is 0. The van der Waals surface area contributed by atoms with Crippen LogP contribution in [0, 0.1) is 0 Å². The number of fused-ring (bicyclic) bond motifs is 1. The Hall–Kier alpha value is -2.63. The van der Waals surface area contributed by atoms with Crippen molar-refractivity contribution in [1.29, 1.82) is 0 Å². The lowest BCUT2D eigenvalue weighted by Gasteiger charge is -2.24. The summed E-state index contributed by atoms with van der Waals surface area (Å²) in [6.45, 7) is 0. The standard InChI is InChI=1S/C19H21N3O3/c23-18(12-16-14-8-4-5-9-15(14)19(24)25-16)21-17-10-11-20-22(17)13-6-2-1-3-7-13/h4-5,8-11,13,16H,1-3,6-7,12H2,(H,21,23)/t16-/m0/s1. The Balaban J connectivity index is 1.44. The molecule has 1 aliphatic carbocycles. The molecule has 2 aliphatic rings. The third-order valence-electron chi connectivity index (χ3n) is 5.01. The first kappa shape index (κ1) is 15.9. The van der Waals surface area contributed by atoms with Crippen LogP contribution in [0.15, 0.2) is 36.5 Å². The van der Waals surface area contributed by atoms with E-state index in [1.165, 1.54) is 19.3 Å². The van der Waals surface area contributed by atoms with Gasteiger partial charge in [0, 0.05) is 11.6 Å². The summed E-state index contributed by atoms with van der Waals surface area (Å²) in [5, 5.41) is 7.32. The van der Waals surface area contributed by atoms with Crippen LogP contribution in [-0.2, 0) is 9.53 Å². The Labute approximate surface area is 146 Å². The van der Waals surface area contributed by atoms with Crippen molar-refractivity contribution in [1.82, 2.24) is 9.78 Å². The van der Waals surface area contributed by atoms with Gasteiger partial charge in [0.2, 0.25) is 5.91 Å². The largest absolute Gasteiger partial charge is 0.453 e. The van der Waals surface area contributed by atoms with Gasteiger partial charge in [-0.3, -0.25) is 4.79 Å². The van der Waals surface area contributed by atoms with Gasteiger partial charge < -0.3 is 10.1 Å². The topological polar surface area (TPSA) is 73.2 Å². The van der Waals surface area contributed by atoms with E-state index in [0.29, 0.717) is 11.6 Å². The predicted molar refractivity (Wildman–Crippen MR) is 92.2 cm³/mol. The van der Waals surface area contributed by atoms with E-state index in [9.17, 15) is 9.59 Å². The van der Waals surface area contributed by atoms with E-state index < -0.39 is 6.10 Å². The van der Waals surface area contributed by atoms with Gasteiger partial charge in [-0.25, -0.2) is 9.48 Å². The molecule has 1 atom stereocenters. The summed E-state index contributed by atoms with van der Waals surface area (Å²) in [5.74, 6) is 0.183. The van der Waals surface area contributed by atoms with E-state index in [4.69, 9.17) is 4.74 Å². The Kier molecular flexibility index (Phi) is 4.26. The Morgan fingerprint density at radius 2 is 2.00 bits per heavy atom. The average molecular weight is 339 g/mol. The van der Waals surface area contributed by atoms with Crippen molar-refractivity contribution >= 4 is 17.7 Å². The minimum atomic E-state index is -0.519. The lowest BCUT2D eigenvalue weighted by molar-refractivity contribution is -0.118. The van der Waals surface area contributed by atoms with Crippen LogP contribution >= 0.6 is 0 Å². The van der Waals surface area contributed by atoms with Crippen molar-refractivity contribution in [3.8, 4) is 0 Å². The number of cyclic esters (lactones) is 1. The van der Waals surface area contributed by atoms with Crippen LogP contribution in [0.1, 0.15) is 66.6 Å². The normalized spacial score (nSPS) is 20.2. The molecule has 0 radical (unpaired) electrons. The average Bonchev–Trinajstić information content (AvgIpc) is 3.21. The van der Waals surface area contributed by atoms with Gasteiger partial charge in [-0.1, -0.05) is 37.5 Å². The van der Waals surface area contributed by atoms with E-state index in [0.717, 1.165) is 24.2 Å². The highest BCUT2D eigenvalue weighted by molar-refractivity contribution is 5.96. The van der Waals surface area contributed by atoms with E-state index >= 15 is 0 Å². The summed E-state index contributed by atoms with van der Waals surface area (Å²) in [6, 6.07) is 9.39. The number of nitrogens with zero attached hydrogens (tertiary/aromatic N) is 2. The van der Waals surface area contributed by atoms with E-state index in [1.807, 2.05) is 22.9 Å². The molecule has 130 valence electrons. The smallest absolute Gasteiger partial charge is 0.339 e. The van der Waals surface area contributed by atoms with Crippen LogP contribution in [0.5, 0.6) is 0 Å². The molecular formula is C19H21N3O3. The fraction of sp³-hybridized carbons (Fsp3) is 0.421. The molecule has 1 saturated carbocycles. The zero-order chi connectivity index (χ0) is 17.2. The third-order valence-corrected chi connectivity index (χ3v) is 5.01. The number of rotatable bonds is 4. The van der Waals surface area contributed by atoms with Crippen LogP contribution in [0.2, 0.25) is 0 Å². The minimum Gasteiger partial charge on any atom is -0.453 e. The van der Waals surface area contributed by atoms with E-state index in [-0.39, 0.29) is 18.3 Å². The van der Waals surface area contributed by atoms with Crippen molar-refractivity contribution in [3.63, 3.8) is 0 Å². The molecule has 6 heteroatoms. The number of hydrogen-bond acceptors (Lipinski definition) is 4. The van der Waals surface area contributed by atoms with Crippen LogP contribution in [0.3, 0.4) is 0 Å². The summed E-state index contributed by atoms with van der Waals surface area (Å²) in [7, 11) is 0. The van der Waals surface area contributed by atoms with Gasteiger partial charge >= 0.3 is 5.97 Å². The number of anilines is 1. The fourth-order valence-electron chi connectivity index (χ4n) is 3.76. The molecule has 0 spiro atoms. The Morgan fingerprint density at radius 3 is 2.84 bits per heavy atom. The molecule has 0 bridgehead atoms. The number of nitrogens with one attached hydrogen (secondary N) is 1. The molecule has 0 saturated heterocycles. The Morgan fingerprint density at radius 1 is 1.20 bits per heavy atom. The quantitative estimate of drug-likeness (QED) is 0.863. The second kappa shape index (κ2) is 6.70. The van der Waals surface area contributed by atoms with Gasteiger partial charge in [-0.05, 0) is 18.9 Å². The number of aromatic nitrogens is 2. The number of benzene rings is 1. The minimum absolute atomic E-state index is 0.110. The van der Waals surface area contributed by atoms with Crippen molar-refractivity contribution in [2.45, 2.75) is 50.7 Å². The molecule has 2 heterocycles. The van der Waals surface area contributed by atoms with E-state index in [1.54, 1.807) is 18.3 Å². The lowest BCUT2D eigenvalue weighted by Crippen LogP contribution is -2.21. The molecule has 2 aromatic rings. The van der Waals surface area contributed by atoms with Crippen molar-refractivity contribution in [2.75, 3.05) is 5.32 Å². The molecule has 1 aromatic carbocycles. The highest BCUT2D eigenvalue weighted by Gasteiger charge is 2.32. The molecule has 6 nitrogen and oxygen atoms in total. The molecule has 0 unspecified atom stereocenters. The fourth-order valence-corrected chi connectivity index (χ4v) is 3.76. The number of amides is 1. The van der Waals surface area contributed by atoms with Gasteiger partial charge in [0.1, 0.15) is 11.9 Å². The number of carbonyl (C=O) groups excluding carboxylic acids is 2. The Bertz CT molecular complexity index is 793. The number of carbonyl (C=O) groups is 2. The number of esters is 1. The van der Waals surface area contributed by atoms with Gasteiger partial charge in [-0.15, -0.1) is 0 Å². The summed E-state index contributed by atoms with van der Waals surface area (Å²) in [4.78, 5) is 24.3. The van der Waals surface area contributed by atoms with Gasteiger partial charge in [0.15, 0.2) is 0 Å². The van der Waals surface area contributed by atoms with Crippen LogP contribution in [0.25, 0.3) is 0 Å². The molecule has 25 heavy (non-hydrogen) atoms. The van der Waals surface area contributed by atoms with Crippen LogP contribution in [-0.4, -0.2) is 21.7 Å². The lowest BCUT2D eigenvalue weighted by atomic mass is 9.96. The highest BCUT2D eigenvalue weighted by atomic mass is 16.5. The van der Waals surface area contributed by atoms with Gasteiger partial charge in [-0.2, -0.15) is 5.10 Å². The predicted octanol–water partition coefficient (Wildman–Crippen LogP) is 3.63. The maximum absolute atomic E-state index is 12.5. The number of hydrogen-bond donors (Lipinski definition) is 1. The van der Waals surface area contributed by atoms with Gasteiger partial charge in [0.05, 0.1) is 24.2 Å². The molecular weight excluding hydrogens is 318 g/mol. The third kappa shape index (κ3) is 3.16. The molecule has 1 aromatic heterocycles. The SMILES string of the molecule is O=C(C[C@@H]1OC(=O)c2ccccc21)Nc1ccnn1C1CCCCC1. The maximum atomic E-state index is 12.5. The maximum Gasteiger partial charge on any atom is 0.339 e. The monoisotopic (exact) mass is 339 g/mol. The first-order valence-electron chi connectivity index (χ1n) is 8.85. The first-order chi connectivity index (χ1) is 12.2.